The van der Waals surface area contributed by atoms with Gasteiger partial charge in [0.1, 0.15) is 0 Å². The van der Waals surface area contributed by atoms with Crippen LogP contribution in [0.1, 0.15) is 117 Å². The lowest BCUT2D eigenvalue weighted by molar-refractivity contribution is 0.140. The van der Waals surface area contributed by atoms with Crippen molar-refractivity contribution in [3.05, 3.63) is 0 Å². The van der Waals surface area contributed by atoms with Gasteiger partial charge in [-0.1, -0.05) is 90.9 Å². The van der Waals surface area contributed by atoms with Gasteiger partial charge in [-0.15, -0.1) is 0 Å². The molecule has 0 aromatic heterocycles. The van der Waals surface area contributed by atoms with Gasteiger partial charge in [-0.05, 0) is 49.4 Å². The van der Waals surface area contributed by atoms with Gasteiger partial charge < -0.3 is 0 Å². The fourth-order valence-corrected chi connectivity index (χ4v) is 5.34. The molecule has 22 heavy (non-hydrogen) atoms. The highest BCUT2D eigenvalue weighted by Crippen LogP contribution is 2.43. The van der Waals surface area contributed by atoms with Crippen LogP contribution in [-0.2, 0) is 0 Å². The summed E-state index contributed by atoms with van der Waals surface area (Å²) < 4.78 is 0. The topological polar surface area (TPSA) is 0 Å². The van der Waals surface area contributed by atoms with E-state index >= 15 is 0 Å². The maximum absolute atomic E-state index is 2.36. The number of unbranched alkanes of at least 4 members (excludes halogenated alkanes) is 4. The van der Waals surface area contributed by atoms with Crippen LogP contribution in [0.25, 0.3) is 0 Å². The van der Waals surface area contributed by atoms with Crippen molar-refractivity contribution < 1.29 is 0 Å². The lowest BCUT2D eigenvalue weighted by atomic mass is 9.68. The predicted molar refractivity (Wildman–Crippen MR) is 99.2 cm³/mol. The average molecular weight is 307 g/mol. The fraction of sp³-hybridized carbons (Fsp3) is 1.00. The van der Waals surface area contributed by atoms with Gasteiger partial charge in [0.2, 0.25) is 0 Å². The highest BCUT2D eigenvalue weighted by atomic mass is 14.4. The number of rotatable bonds is 9. The molecular formula is C22H42. The summed E-state index contributed by atoms with van der Waals surface area (Å²) in [6.07, 6.45) is 24.3. The van der Waals surface area contributed by atoms with Crippen molar-refractivity contribution in [3.63, 3.8) is 0 Å². The van der Waals surface area contributed by atoms with Crippen LogP contribution in [0.2, 0.25) is 0 Å². The Morgan fingerprint density at radius 3 is 1.50 bits per heavy atom. The van der Waals surface area contributed by atoms with Gasteiger partial charge in [0.25, 0.3) is 0 Å². The first kappa shape index (κ1) is 18.3. The first-order valence-electron chi connectivity index (χ1n) is 10.8. The van der Waals surface area contributed by atoms with Crippen LogP contribution in [0.15, 0.2) is 0 Å². The molecule has 130 valence electrons. The van der Waals surface area contributed by atoms with E-state index in [2.05, 4.69) is 13.8 Å². The molecule has 2 rings (SSSR count). The highest BCUT2D eigenvalue weighted by Gasteiger charge is 2.30. The standard InChI is InChI=1S/C22H42/c1-3-5-6-7-8-10-20-13-17-22(18-14-20)21-15-11-19(9-4-2)12-16-21/h19-22H,3-18H2,1-2H3/t19-,20-,21-,22-. The Hall–Kier alpha value is 0. The summed E-state index contributed by atoms with van der Waals surface area (Å²) in [5.74, 6) is 4.40. The first-order valence-corrected chi connectivity index (χ1v) is 10.8. The second kappa shape index (κ2) is 10.7. The molecule has 0 heterocycles. The van der Waals surface area contributed by atoms with E-state index in [0.29, 0.717) is 0 Å². The maximum Gasteiger partial charge on any atom is -0.0386 e. The lowest BCUT2D eigenvalue weighted by Crippen LogP contribution is -2.25. The number of hydrogen-bond donors (Lipinski definition) is 0. The molecule has 2 fully saturated rings. The van der Waals surface area contributed by atoms with E-state index in [1.165, 1.54) is 44.9 Å². The molecule has 2 saturated carbocycles. The molecule has 0 aromatic carbocycles. The molecule has 0 aliphatic heterocycles. The van der Waals surface area contributed by atoms with Crippen molar-refractivity contribution in [2.45, 2.75) is 117 Å². The van der Waals surface area contributed by atoms with Gasteiger partial charge in [0.15, 0.2) is 0 Å². The van der Waals surface area contributed by atoms with E-state index in [1.807, 2.05) is 0 Å². The molecule has 0 bridgehead atoms. The molecule has 0 spiro atoms. The summed E-state index contributed by atoms with van der Waals surface area (Å²) in [7, 11) is 0. The fourth-order valence-electron chi connectivity index (χ4n) is 5.34. The minimum Gasteiger partial charge on any atom is -0.0654 e. The summed E-state index contributed by atoms with van der Waals surface area (Å²) in [6.45, 7) is 4.67. The van der Waals surface area contributed by atoms with Crippen molar-refractivity contribution in [1.82, 2.24) is 0 Å². The molecular weight excluding hydrogens is 264 g/mol. The smallest absolute Gasteiger partial charge is 0.0386 e. The van der Waals surface area contributed by atoms with Gasteiger partial charge in [0.05, 0.1) is 0 Å². The minimum atomic E-state index is 1.08. The quantitative estimate of drug-likeness (QED) is 0.382. The molecule has 0 aromatic rings. The van der Waals surface area contributed by atoms with Crippen molar-refractivity contribution in [2.75, 3.05) is 0 Å². The van der Waals surface area contributed by atoms with Crippen molar-refractivity contribution in [2.24, 2.45) is 23.7 Å². The summed E-state index contributed by atoms with van der Waals surface area (Å²) in [5, 5.41) is 0. The minimum absolute atomic E-state index is 1.08. The van der Waals surface area contributed by atoms with E-state index in [0.717, 1.165) is 23.7 Å². The summed E-state index contributed by atoms with van der Waals surface area (Å²) >= 11 is 0. The van der Waals surface area contributed by atoms with Crippen molar-refractivity contribution in [3.8, 4) is 0 Å². The van der Waals surface area contributed by atoms with E-state index < -0.39 is 0 Å². The third-order valence-corrected chi connectivity index (χ3v) is 6.86. The largest absolute Gasteiger partial charge is 0.0654 e. The van der Waals surface area contributed by atoms with Crippen LogP contribution in [0, 0.1) is 23.7 Å². The van der Waals surface area contributed by atoms with Gasteiger partial charge in [-0.25, -0.2) is 0 Å². The Morgan fingerprint density at radius 1 is 0.500 bits per heavy atom. The molecule has 0 nitrogen and oxygen atoms in total. The SMILES string of the molecule is CCCCCCC[C@H]1CC[C@H]([C@H]2CC[C@H](CCC)CC2)CC1. The third kappa shape index (κ3) is 6.25. The van der Waals surface area contributed by atoms with Crippen LogP contribution in [0.3, 0.4) is 0 Å². The Balaban J connectivity index is 1.55. The summed E-state index contributed by atoms with van der Waals surface area (Å²) in [4.78, 5) is 0. The second-order valence-electron chi connectivity index (χ2n) is 8.55. The van der Waals surface area contributed by atoms with Crippen LogP contribution in [-0.4, -0.2) is 0 Å². The van der Waals surface area contributed by atoms with Gasteiger partial charge in [0, 0.05) is 0 Å². The van der Waals surface area contributed by atoms with E-state index in [4.69, 9.17) is 0 Å². The van der Waals surface area contributed by atoms with E-state index in [-0.39, 0.29) is 0 Å². The van der Waals surface area contributed by atoms with Gasteiger partial charge in [-0.2, -0.15) is 0 Å². The monoisotopic (exact) mass is 306 g/mol. The number of hydrogen-bond acceptors (Lipinski definition) is 0. The van der Waals surface area contributed by atoms with Crippen LogP contribution in [0.5, 0.6) is 0 Å². The Morgan fingerprint density at radius 2 is 1.00 bits per heavy atom. The molecule has 2 aliphatic rings. The third-order valence-electron chi connectivity index (χ3n) is 6.86. The second-order valence-corrected chi connectivity index (χ2v) is 8.55. The first-order chi connectivity index (χ1) is 10.8. The Bertz CT molecular complexity index is 253. The van der Waals surface area contributed by atoms with Crippen LogP contribution >= 0.6 is 0 Å². The maximum atomic E-state index is 2.36. The van der Waals surface area contributed by atoms with Crippen LogP contribution in [0.4, 0.5) is 0 Å². The van der Waals surface area contributed by atoms with Crippen molar-refractivity contribution >= 4 is 0 Å². The van der Waals surface area contributed by atoms with E-state index in [9.17, 15) is 0 Å². The van der Waals surface area contributed by atoms with Gasteiger partial charge >= 0.3 is 0 Å². The zero-order valence-corrected chi connectivity index (χ0v) is 15.6. The molecule has 0 saturated heterocycles. The summed E-state index contributed by atoms with van der Waals surface area (Å²) in [5.41, 5.74) is 0. The molecule has 2 aliphatic carbocycles. The molecule has 0 unspecified atom stereocenters. The van der Waals surface area contributed by atoms with Gasteiger partial charge in [-0.3, -0.25) is 0 Å². The normalized spacial score (nSPS) is 33.0. The predicted octanol–water partition coefficient (Wildman–Crippen LogP) is 7.76. The molecule has 0 radical (unpaired) electrons. The average Bonchev–Trinajstić information content (AvgIpc) is 2.56. The molecule has 0 heteroatoms. The van der Waals surface area contributed by atoms with Crippen LogP contribution < -0.4 is 0 Å². The molecule has 0 amide bonds. The summed E-state index contributed by atoms with van der Waals surface area (Å²) in [6, 6.07) is 0. The zero-order chi connectivity index (χ0) is 15.6. The molecule has 0 N–H and O–H groups in total. The van der Waals surface area contributed by atoms with Crippen molar-refractivity contribution in [1.29, 1.82) is 0 Å². The Kier molecular flexibility index (Phi) is 8.93. The highest BCUT2D eigenvalue weighted by molar-refractivity contribution is 4.82. The van der Waals surface area contributed by atoms with E-state index in [1.54, 1.807) is 57.8 Å². The Labute approximate surface area is 140 Å². The lowest BCUT2D eigenvalue weighted by Gasteiger charge is -2.38. The molecule has 0 atom stereocenters. The zero-order valence-electron chi connectivity index (χ0n) is 15.6.